The van der Waals surface area contributed by atoms with Crippen LogP contribution in [-0.4, -0.2) is 34.9 Å². The number of hydrogen-bond acceptors (Lipinski definition) is 5. The number of aromatic nitrogens is 1. The lowest BCUT2D eigenvalue weighted by molar-refractivity contribution is -0.127. The minimum absolute atomic E-state index is 0.0951. The first kappa shape index (κ1) is 17.2. The van der Waals surface area contributed by atoms with Gasteiger partial charge in [-0.3, -0.25) is 4.79 Å². The average Bonchev–Trinajstić information content (AvgIpc) is 2.93. The van der Waals surface area contributed by atoms with E-state index < -0.39 is 6.10 Å². The van der Waals surface area contributed by atoms with Crippen molar-refractivity contribution in [3.05, 3.63) is 53.4 Å². The Morgan fingerprint density at radius 2 is 2.13 bits per heavy atom. The van der Waals surface area contributed by atoms with E-state index in [-0.39, 0.29) is 25.2 Å². The monoisotopic (exact) mass is 318 g/mol. The summed E-state index contributed by atoms with van der Waals surface area (Å²) in [7, 11) is 0. The molecule has 0 fully saturated rings. The Bertz CT molecular complexity index is 612. The second kappa shape index (κ2) is 8.45. The third-order valence-corrected chi connectivity index (χ3v) is 3.41. The number of carbonyl (C=O) groups excluding carboxylic acids is 1. The van der Waals surface area contributed by atoms with Crippen LogP contribution in [0.2, 0.25) is 0 Å². The lowest BCUT2D eigenvalue weighted by Crippen LogP contribution is -2.43. The first-order valence-electron chi connectivity index (χ1n) is 7.56. The van der Waals surface area contributed by atoms with Crippen molar-refractivity contribution in [2.75, 3.05) is 6.61 Å². The molecule has 6 heteroatoms. The highest BCUT2D eigenvalue weighted by molar-refractivity contribution is 5.77. The Hall–Kier alpha value is -2.18. The highest BCUT2D eigenvalue weighted by Crippen LogP contribution is 2.06. The van der Waals surface area contributed by atoms with E-state index in [2.05, 4.69) is 10.5 Å². The number of amides is 1. The van der Waals surface area contributed by atoms with E-state index in [4.69, 9.17) is 9.26 Å². The molecule has 124 valence electrons. The number of ether oxygens (including phenoxy) is 1. The van der Waals surface area contributed by atoms with Gasteiger partial charge in [0.25, 0.3) is 0 Å². The van der Waals surface area contributed by atoms with Crippen LogP contribution in [0.4, 0.5) is 0 Å². The fourth-order valence-electron chi connectivity index (χ4n) is 2.15. The van der Waals surface area contributed by atoms with Gasteiger partial charge in [-0.05, 0) is 19.4 Å². The maximum atomic E-state index is 11.8. The van der Waals surface area contributed by atoms with Crippen molar-refractivity contribution in [1.29, 1.82) is 0 Å². The standard InChI is InChI=1S/C17H22N2O4/c1-12-8-15(23-19-12)10-22-11-17(21)18-13(2)16(20)9-14-6-4-3-5-7-14/h3-8,13,16,20H,9-11H2,1-2H3,(H,18,21)/t13-,16-/m0/s1. The quantitative estimate of drug-likeness (QED) is 0.772. The summed E-state index contributed by atoms with van der Waals surface area (Å²) in [6, 6.07) is 11.0. The fourth-order valence-corrected chi connectivity index (χ4v) is 2.15. The molecular weight excluding hydrogens is 296 g/mol. The number of aryl methyl sites for hydroxylation is 1. The second-order valence-corrected chi connectivity index (χ2v) is 5.54. The molecule has 1 aromatic heterocycles. The summed E-state index contributed by atoms with van der Waals surface area (Å²) in [5.41, 5.74) is 1.80. The first-order chi connectivity index (χ1) is 11.0. The average molecular weight is 318 g/mol. The summed E-state index contributed by atoms with van der Waals surface area (Å²) in [5.74, 6) is 0.299. The summed E-state index contributed by atoms with van der Waals surface area (Å²) in [5, 5.41) is 16.6. The molecule has 6 nitrogen and oxygen atoms in total. The van der Waals surface area contributed by atoms with Crippen LogP contribution in [0.15, 0.2) is 40.9 Å². The van der Waals surface area contributed by atoms with E-state index in [1.807, 2.05) is 37.3 Å². The van der Waals surface area contributed by atoms with Gasteiger partial charge in [0.1, 0.15) is 13.2 Å². The maximum absolute atomic E-state index is 11.8. The van der Waals surface area contributed by atoms with Crippen molar-refractivity contribution in [3.63, 3.8) is 0 Å². The van der Waals surface area contributed by atoms with E-state index >= 15 is 0 Å². The molecule has 23 heavy (non-hydrogen) atoms. The van der Waals surface area contributed by atoms with Crippen LogP contribution >= 0.6 is 0 Å². The number of nitrogens with one attached hydrogen (secondary N) is 1. The van der Waals surface area contributed by atoms with Crippen LogP contribution in [0.25, 0.3) is 0 Å². The van der Waals surface area contributed by atoms with Gasteiger partial charge in [0, 0.05) is 12.5 Å². The highest BCUT2D eigenvalue weighted by Gasteiger charge is 2.17. The van der Waals surface area contributed by atoms with Crippen molar-refractivity contribution < 1.29 is 19.2 Å². The molecule has 0 aliphatic carbocycles. The molecule has 0 aliphatic rings. The van der Waals surface area contributed by atoms with Crippen LogP contribution < -0.4 is 5.32 Å². The number of aliphatic hydroxyl groups is 1. The molecule has 0 aliphatic heterocycles. The highest BCUT2D eigenvalue weighted by atomic mass is 16.5. The summed E-state index contributed by atoms with van der Waals surface area (Å²) >= 11 is 0. The number of hydrogen-bond donors (Lipinski definition) is 2. The van der Waals surface area contributed by atoms with Crippen molar-refractivity contribution >= 4 is 5.91 Å². The minimum Gasteiger partial charge on any atom is -0.391 e. The van der Waals surface area contributed by atoms with Crippen LogP contribution in [0.5, 0.6) is 0 Å². The SMILES string of the molecule is Cc1cc(COCC(=O)N[C@@H](C)[C@@H](O)Cc2ccccc2)on1. The Balaban J connectivity index is 1.69. The van der Waals surface area contributed by atoms with Gasteiger partial charge in [-0.1, -0.05) is 35.5 Å². The van der Waals surface area contributed by atoms with Gasteiger partial charge in [-0.15, -0.1) is 0 Å². The molecule has 1 aromatic carbocycles. The van der Waals surface area contributed by atoms with Crippen LogP contribution in [-0.2, 0) is 22.6 Å². The summed E-state index contributed by atoms with van der Waals surface area (Å²) in [6.45, 7) is 3.68. The fraction of sp³-hybridized carbons (Fsp3) is 0.412. The summed E-state index contributed by atoms with van der Waals surface area (Å²) in [6.07, 6.45) is -0.168. The number of carbonyl (C=O) groups is 1. The molecule has 0 saturated carbocycles. The number of aliphatic hydroxyl groups excluding tert-OH is 1. The molecule has 0 spiro atoms. The molecule has 0 radical (unpaired) electrons. The lowest BCUT2D eigenvalue weighted by atomic mass is 10.0. The molecule has 2 rings (SSSR count). The van der Waals surface area contributed by atoms with Gasteiger partial charge >= 0.3 is 0 Å². The van der Waals surface area contributed by atoms with Gasteiger partial charge in [-0.25, -0.2) is 0 Å². The van der Waals surface area contributed by atoms with Crippen molar-refractivity contribution in [1.82, 2.24) is 10.5 Å². The van der Waals surface area contributed by atoms with E-state index in [1.54, 1.807) is 13.0 Å². The maximum Gasteiger partial charge on any atom is 0.246 e. The molecule has 0 saturated heterocycles. The summed E-state index contributed by atoms with van der Waals surface area (Å²) in [4.78, 5) is 11.8. The first-order valence-corrected chi connectivity index (χ1v) is 7.56. The molecular formula is C17H22N2O4. The van der Waals surface area contributed by atoms with Gasteiger partial charge < -0.3 is 19.7 Å². The predicted octanol–water partition coefficient (Wildman–Crippen LogP) is 1.61. The van der Waals surface area contributed by atoms with Gasteiger partial charge in [0.05, 0.1) is 17.8 Å². The lowest BCUT2D eigenvalue weighted by Gasteiger charge is -2.20. The smallest absolute Gasteiger partial charge is 0.246 e. The van der Waals surface area contributed by atoms with Gasteiger partial charge in [-0.2, -0.15) is 0 Å². The summed E-state index contributed by atoms with van der Waals surface area (Å²) < 4.78 is 10.3. The van der Waals surface area contributed by atoms with Crippen LogP contribution in [0.3, 0.4) is 0 Å². The van der Waals surface area contributed by atoms with E-state index in [9.17, 15) is 9.90 Å². The topological polar surface area (TPSA) is 84.6 Å². The molecule has 2 atom stereocenters. The second-order valence-electron chi connectivity index (χ2n) is 5.54. The zero-order chi connectivity index (χ0) is 16.7. The molecule has 2 aromatic rings. The molecule has 1 amide bonds. The van der Waals surface area contributed by atoms with Crippen molar-refractivity contribution in [2.45, 2.75) is 39.0 Å². The van der Waals surface area contributed by atoms with Gasteiger partial charge in [0.15, 0.2) is 5.76 Å². The number of benzene rings is 1. The predicted molar refractivity (Wildman–Crippen MR) is 84.7 cm³/mol. The zero-order valence-corrected chi connectivity index (χ0v) is 13.4. The largest absolute Gasteiger partial charge is 0.391 e. The third kappa shape index (κ3) is 5.84. The Morgan fingerprint density at radius 3 is 2.78 bits per heavy atom. The number of rotatable bonds is 8. The normalized spacial score (nSPS) is 13.5. The van der Waals surface area contributed by atoms with Crippen LogP contribution in [0.1, 0.15) is 23.9 Å². The zero-order valence-electron chi connectivity index (χ0n) is 13.4. The molecule has 1 heterocycles. The van der Waals surface area contributed by atoms with Crippen molar-refractivity contribution in [3.8, 4) is 0 Å². The van der Waals surface area contributed by atoms with Crippen LogP contribution in [0, 0.1) is 6.92 Å². The molecule has 2 N–H and O–H groups in total. The minimum atomic E-state index is -0.654. The molecule has 0 bridgehead atoms. The Morgan fingerprint density at radius 1 is 1.39 bits per heavy atom. The van der Waals surface area contributed by atoms with E-state index in [0.29, 0.717) is 12.2 Å². The van der Waals surface area contributed by atoms with Gasteiger partial charge in [0.2, 0.25) is 5.91 Å². The third-order valence-electron chi connectivity index (χ3n) is 3.41. The van der Waals surface area contributed by atoms with Crippen molar-refractivity contribution in [2.24, 2.45) is 0 Å². The number of nitrogens with zero attached hydrogens (tertiary/aromatic N) is 1. The van der Waals surface area contributed by atoms with E-state index in [1.165, 1.54) is 0 Å². The Labute approximate surface area is 135 Å². The Kier molecular flexibility index (Phi) is 6.31. The molecule has 0 unspecified atom stereocenters. The van der Waals surface area contributed by atoms with E-state index in [0.717, 1.165) is 11.3 Å².